The first-order valence-corrected chi connectivity index (χ1v) is 12.5. The zero-order valence-corrected chi connectivity index (χ0v) is 20.2. The minimum absolute atomic E-state index is 0.0300. The number of carboxylic acid groups (broad SMARTS) is 1. The summed E-state index contributed by atoms with van der Waals surface area (Å²) < 4.78 is 5.59. The fraction of sp³-hybridized carbons (Fsp3) is 0.296. The second-order valence-electron chi connectivity index (χ2n) is 8.51. The highest BCUT2D eigenvalue weighted by atomic mass is 32.1. The highest BCUT2D eigenvalue weighted by Crippen LogP contribution is 2.44. The van der Waals surface area contributed by atoms with Crippen LogP contribution in [0.25, 0.3) is 11.1 Å². The number of benzene rings is 2. The third-order valence-corrected chi connectivity index (χ3v) is 7.18. The monoisotopic (exact) mass is 492 g/mol. The van der Waals surface area contributed by atoms with Gasteiger partial charge < -0.3 is 20.5 Å². The Morgan fingerprint density at radius 1 is 0.943 bits per heavy atom. The molecule has 8 heteroatoms. The first-order valence-electron chi connectivity index (χ1n) is 11.6. The Hall–Kier alpha value is -3.65. The summed E-state index contributed by atoms with van der Waals surface area (Å²) in [5.41, 5.74) is 4.57. The molecule has 0 fully saturated rings. The quantitative estimate of drug-likeness (QED) is 0.366. The molecule has 1 heterocycles. The molecule has 1 unspecified atom stereocenters. The Morgan fingerprint density at radius 2 is 1.60 bits per heavy atom. The van der Waals surface area contributed by atoms with Gasteiger partial charge in [-0.3, -0.25) is 9.59 Å². The van der Waals surface area contributed by atoms with Crippen molar-refractivity contribution in [2.24, 2.45) is 0 Å². The molecule has 1 aromatic heterocycles. The normalized spacial score (nSPS) is 13.9. The first kappa shape index (κ1) is 24.5. The average Bonchev–Trinajstić information content (AvgIpc) is 3.49. The van der Waals surface area contributed by atoms with Crippen molar-refractivity contribution in [3.05, 3.63) is 82.0 Å². The Labute approximate surface area is 208 Å². The maximum atomic E-state index is 12.6. The Balaban J connectivity index is 1.33. The van der Waals surface area contributed by atoms with E-state index in [9.17, 15) is 19.5 Å². The van der Waals surface area contributed by atoms with Crippen molar-refractivity contribution in [2.45, 2.75) is 44.2 Å². The summed E-state index contributed by atoms with van der Waals surface area (Å²) in [5.74, 6) is -1.36. The molecule has 0 radical (unpaired) electrons. The van der Waals surface area contributed by atoms with Crippen LogP contribution in [0.3, 0.4) is 0 Å². The summed E-state index contributed by atoms with van der Waals surface area (Å²) in [5, 5.41) is 16.6. The lowest BCUT2D eigenvalue weighted by molar-refractivity contribution is -0.137. The number of rotatable bonds is 10. The van der Waals surface area contributed by atoms with Crippen molar-refractivity contribution >= 4 is 29.3 Å². The summed E-state index contributed by atoms with van der Waals surface area (Å²) in [6.45, 7) is 2.07. The molecule has 0 aliphatic heterocycles. The minimum Gasteiger partial charge on any atom is -0.481 e. The molecule has 7 nitrogen and oxygen atoms in total. The van der Waals surface area contributed by atoms with Gasteiger partial charge >= 0.3 is 12.1 Å². The molecule has 4 rings (SSSR count). The molecule has 0 saturated heterocycles. The smallest absolute Gasteiger partial charge is 0.407 e. The van der Waals surface area contributed by atoms with Gasteiger partial charge in [0.15, 0.2) is 0 Å². The number of ether oxygens (including phenoxy) is 1. The zero-order chi connectivity index (χ0) is 24.8. The summed E-state index contributed by atoms with van der Waals surface area (Å²) in [6, 6.07) is 18.8. The number of alkyl carbamates (subject to hydrolysis) is 1. The number of aliphatic carboxylic acids is 1. The molecule has 0 saturated carbocycles. The lowest BCUT2D eigenvalue weighted by Gasteiger charge is -2.20. The molecule has 1 aliphatic carbocycles. The van der Waals surface area contributed by atoms with Crippen LogP contribution in [0.15, 0.2) is 66.0 Å². The van der Waals surface area contributed by atoms with Crippen LogP contribution in [-0.2, 0) is 14.3 Å². The third-order valence-electron chi connectivity index (χ3n) is 6.19. The molecule has 1 aliphatic rings. The molecule has 182 valence electrons. The summed E-state index contributed by atoms with van der Waals surface area (Å²) in [6.07, 6.45) is -0.225. The van der Waals surface area contributed by atoms with Crippen LogP contribution in [0.4, 0.5) is 4.79 Å². The highest BCUT2D eigenvalue weighted by molar-refractivity contribution is 7.10. The average molecular weight is 493 g/mol. The predicted molar refractivity (Wildman–Crippen MR) is 134 cm³/mol. The van der Waals surface area contributed by atoms with Crippen LogP contribution in [-0.4, -0.2) is 35.7 Å². The Kier molecular flexibility index (Phi) is 7.82. The van der Waals surface area contributed by atoms with Gasteiger partial charge in [0.1, 0.15) is 6.61 Å². The molecule has 2 aromatic carbocycles. The second kappa shape index (κ2) is 11.2. The van der Waals surface area contributed by atoms with Crippen LogP contribution in [0.1, 0.15) is 54.1 Å². The fourth-order valence-electron chi connectivity index (χ4n) is 4.47. The van der Waals surface area contributed by atoms with Gasteiger partial charge in [0, 0.05) is 23.3 Å². The van der Waals surface area contributed by atoms with Crippen LogP contribution in [0.5, 0.6) is 0 Å². The van der Waals surface area contributed by atoms with E-state index in [4.69, 9.17) is 4.74 Å². The lowest BCUT2D eigenvalue weighted by atomic mass is 9.98. The number of amides is 2. The number of thiophene rings is 1. The van der Waals surface area contributed by atoms with Gasteiger partial charge in [-0.25, -0.2) is 4.79 Å². The van der Waals surface area contributed by atoms with Crippen LogP contribution in [0.2, 0.25) is 0 Å². The highest BCUT2D eigenvalue weighted by Gasteiger charge is 2.29. The van der Waals surface area contributed by atoms with Crippen LogP contribution >= 0.6 is 11.3 Å². The zero-order valence-electron chi connectivity index (χ0n) is 19.4. The Bertz CT molecular complexity index is 1150. The lowest BCUT2D eigenvalue weighted by Crippen LogP contribution is -2.40. The van der Waals surface area contributed by atoms with Crippen molar-refractivity contribution in [2.75, 3.05) is 6.61 Å². The molecular weight excluding hydrogens is 464 g/mol. The predicted octanol–water partition coefficient (Wildman–Crippen LogP) is 5.09. The van der Waals surface area contributed by atoms with Crippen molar-refractivity contribution in [3.63, 3.8) is 0 Å². The Morgan fingerprint density at radius 3 is 2.17 bits per heavy atom. The maximum Gasteiger partial charge on any atom is 0.407 e. The van der Waals surface area contributed by atoms with Crippen molar-refractivity contribution in [3.8, 4) is 11.1 Å². The molecule has 2 amide bonds. The summed E-state index contributed by atoms with van der Waals surface area (Å²) in [7, 11) is 0. The maximum absolute atomic E-state index is 12.6. The molecular formula is C27H28N2O5S. The molecule has 35 heavy (non-hydrogen) atoms. The first-order chi connectivity index (χ1) is 17.0. The second-order valence-corrected chi connectivity index (χ2v) is 9.49. The van der Waals surface area contributed by atoms with E-state index in [1.165, 1.54) is 11.3 Å². The third kappa shape index (κ3) is 5.89. The number of hydrogen-bond donors (Lipinski definition) is 3. The van der Waals surface area contributed by atoms with E-state index in [0.717, 1.165) is 27.1 Å². The number of fused-ring (bicyclic) bond motifs is 3. The van der Waals surface area contributed by atoms with Crippen LogP contribution < -0.4 is 10.6 Å². The standard InChI is InChI=1S/C27H28N2O5S/c1-2-17(14-25(30)29-23(15-26(31)32)24-12-7-13-35-24)28-27(33)34-16-22-20-10-5-3-8-18(20)19-9-4-6-11-21(19)22/h3-13,17,22-23H,2,14-16H2,1H3,(H,28,33)(H,29,30)(H,31,32)/t17-,23?/m1/s1. The van der Waals surface area contributed by atoms with Gasteiger partial charge in [-0.1, -0.05) is 61.5 Å². The van der Waals surface area contributed by atoms with E-state index in [0.29, 0.717) is 6.42 Å². The van der Waals surface area contributed by atoms with E-state index in [2.05, 4.69) is 34.9 Å². The number of carbonyl (C=O) groups excluding carboxylic acids is 2. The van der Waals surface area contributed by atoms with Crippen LogP contribution in [0, 0.1) is 0 Å². The fourth-order valence-corrected chi connectivity index (χ4v) is 5.25. The van der Waals surface area contributed by atoms with E-state index < -0.39 is 24.1 Å². The SMILES string of the molecule is CC[C@H](CC(=O)NC(CC(=O)O)c1cccs1)NC(=O)OCC1c2ccccc2-c2ccccc21. The topological polar surface area (TPSA) is 105 Å². The number of carboxylic acids is 1. The van der Waals surface area contributed by atoms with E-state index in [1.807, 2.05) is 42.6 Å². The van der Waals surface area contributed by atoms with E-state index in [1.54, 1.807) is 6.07 Å². The molecule has 2 atom stereocenters. The van der Waals surface area contributed by atoms with Gasteiger partial charge in [0.05, 0.1) is 12.5 Å². The number of carbonyl (C=O) groups is 3. The number of hydrogen-bond acceptors (Lipinski definition) is 5. The molecule has 3 N–H and O–H groups in total. The summed E-state index contributed by atoms with van der Waals surface area (Å²) in [4.78, 5) is 37.2. The van der Waals surface area contributed by atoms with Gasteiger partial charge in [0.2, 0.25) is 5.91 Å². The van der Waals surface area contributed by atoms with Crippen molar-refractivity contribution in [1.82, 2.24) is 10.6 Å². The van der Waals surface area contributed by atoms with Crippen molar-refractivity contribution in [1.29, 1.82) is 0 Å². The summed E-state index contributed by atoms with van der Waals surface area (Å²) >= 11 is 1.39. The van der Waals surface area contributed by atoms with E-state index >= 15 is 0 Å². The van der Waals surface area contributed by atoms with E-state index in [-0.39, 0.29) is 31.3 Å². The van der Waals surface area contributed by atoms with Gasteiger partial charge in [0.25, 0.3) is 0 Å². The molecule has 0 bridgehead atoms. The van der Waals surface area contributed by atoms with Gasteiger partial charge in [-0.15, -0.1) is 11.3 Å². The molecule has 0 spiro atoms. The minimum atomic E-state index is -0.993. The van der Waals surface area contributed by atoms with Gasteiger partial charge in [-0.2, -0.15) is 0 Å². The molecule has 3 aromatic rings. The van der Waals surface area contributed by atoms with Crippen molar-refractivity contribution < 1.29 is 24.2 Å². The number of nitrogens with one attached hydrogen (secondary N) is 2. The van der Waals surface area contributed by atoms with Gasteiger partial charge in [-0.05, 0) is 40.1 Å². The largest absolute Gasteiger partial charge is 0.481 e.